The van der Waals surface area contributed by atoms with E-state index >= 15 is 0 Å². The normalized spacial score (nSPS) is 14.1. The Kier molecular flexibility index (Phi) is 5.40. The molecule has 1 aromatic heterocycles. The molecule has 2 aromatic rings. The average Bonchev–Trinajstić information content (AvgIpc) is 3.19. The molecule has 3 rings (SSSR count). The third-order valence-electron chi connectivity index (χ3n) is 4.87. The lowest BCUT2D eigenvalue weighted by atomic mass is 9.95. The molecule has 1 amide bonds. The van der Waals surface area contributed by atoms with Crippen LogP contribution in [-0.2, 0) is 22.4 Å². The average molecular weight is 355 g/mol. The maximum Gasteiger partial charge on any atom is 0.312 e. The van der Waals surface area contributed by atoms with Crippen LogP contribution in [0.1, 0.15) is 62.4 Å². The Bertz CT molecular complexity index is 808. The van der Waals surface area contributed by atoms with Gasteiger partial charge in [0.05, 0.1) is 11.4 Å². The summed E-state index contributed by atoms with van der Waals surface area (Å²) in [6.07, 6.45) is 5.31. The Hall–Kier alpha value is -2.63. The SMILES string of the molecule is CCCCC(C(=O)O)c1nn(-c2ccc(NC(C)=O)cc2)c2c1CCC2. The summed E-state index contributed by atoms with van der Waals surface area (Å²) in [5, 5.41) is 17.2. The standard InChI is InChI=1S/C20H25N3O3/c1-3-4-6-17(20(25)26)19-16-7-5-8-18(16)23(22-19)15-11-9-14(10-12-15)21-13(2)24/h9-12,17H,3-8H2,1-2H3,(H,21,24)(H,25,26). The monoisotopic (exact) mass is 355 g/mol. The van der Waals surface area contributed by atoms with Gasteiger partial charge in [-0.25, -0.2) is 4.68 Å². The van der Waals surface area contributed by atoms with E-state index in [-0.39, 0.29) is 5.91 Å². The van der Waals surface area contributed by atoms with Crippen molar-refractivity contribution in [2.75, 3.05) is 5.32 Å². The van der Waals surface area contributed by atoms with Crippen LogP contribution in [0.5, 0.6) is 0 Å². The van der Waals surface area contributed by atoms with E-state index in [1.165, 1.54) is 6.92 Å². The number of anilines is 1. The lowest BCUT2D eigenvalue weighted by molar-refractivity contribution is -0.139. The number of hydrogen-bond donors (Lipinski definition) is 2. The second kappa shape index (κ2) is 7.72. The summed E-state index contributed by atoms with van der Waals surface area (Å²) in [5.41, 5.74) is 4.58. The van der Waals surface area contributed by atoms with Crippen LogP contribution in [-0.4, -0.2) is 26.8 Å². The molecule has 0 aliphatic heterocycles. The van der Waals surface area contributed by atoms with Gasteiger partial charge in [0.25, 0.3) is 0 Å². The molecule has 1 atom stereocenters. The molecule has 2 N–H and O–H groups in total. The van der Waals surface area contributed by atoms with E-state index in [1.807, 2.05) is 28.9 Å². The first-order valence-electron chi connectivity index (χ1n) is 9.22. The number of rotatable bonds is 7. The molecule has 0 saturated carbocycles. The summed E-state index contributed by atoms with van der Waals surface area (Å²) < 4.78 is 1.89. The Balaban J connectivity index is 1.96. The van der Waals surface area contributed by atoms with Crippen molar-refractivity contribution >= 4 is 17.6 Å². The number of nitrogens with one attached hydrogen (secondary N) is 1. The van der Waals surface area contributed by atoms with Gasteiger partial charge in [-0.1, -0.05) is 19.8 Å². The molecule has 0 spiro atoms. The summed E-state index contributed by atoms with van der Waals surface area (Å²) in [5.74, 6) is -1.44. The van der Waals surface area contributed by atoms with Crippen LogP contribution in [0.25, 0.3) is 5.69 Å². The van der Waals surface area contributed by atoms with Crippen molar-refractivity contribution in [2.24, 2.45) is 0 Å². The lowest BCUT2D eigenvalue weighted by Gasteiger charge is -2.11. The molecule has 1 unspecified atom stereocenters. The molecule has 6 heteroatoms. The lowest BCUT2D eigenvalue weighted by Crippen LogP contribution is -2.14. The Morgan fingerprint density at radius 3 is 2.62 bits per heavy atom. The summed E-state index contributed by atoms with van der Waals surface area (Å²) in [7, 11) is 0. The van der Waals surface area contributed by atoms with Gasteiger partial charge in [-0.15, -0.1) is 0 Å². The van der Waals surface area contributed by atoms with Crippen molar-refractivity contribution in [2.45, 2.75) is 58.3 Å². The Labute approximate surface area is 153 Å². The number of carboxylic acid groups (broad SMARTS) is 1. The van der Waals surface area contributed by atoms with E-state index in [0.29, 0.717) is 6.42 Å². The predicted molar refractivity (Wildman–Crippen MR) is 99.8 cm³/mol. The maximum absolute atomic E-state index is 11.8. The molecule has 1 aliphatic rings. The first kappa shape index (κ1) is 18.2. The summed E-state index contributed by atoms with van der Waals surface area (Å²) in [6.45, 7) is 3.54. The first-order chi connectivity index (χ1) is 12.5. The van der Waals surface area contributed by atoms with Crippen molar-refractivity contribution in [3.05, 3.63) is 41.2 Å². The molecule has 0 bridgehead atoms. The Morgan fingerprint density at radius 2 is 2.00 bits per heavy atom. The highest BCUT2D eigenvalue weighted by Gasteiger charge is 2.31. The number of unbranched alkanes of at least 4 members (excludes halogenated alkanes) is 1. The fourth-order valence-electron chi connectivity index (χ4n) is 3.63. The van der Waals surface area contributed by atoms with Gasteiger partial charge in [-0.05, 0) is 55.5 Å². The van der Waals surface area contributed by atoms with Crippen LogP contribution >= 0.6 is 0 Å². The van der Waals surface area contributed by atoms with Crippen molar-refractivity contribution in [3.63, 3.8) is 0 Å². The molecule has 26 heavy (non-hydrogen) atoms. The fraction of sp³-hybridized carbons (Fsp3) is 0.450. The predicted octanol–water partition coefficient (Wildman–Crippen LogP) is 3.68. The number of aliphatic carboxylic acids is 1. The van der Waals surface area contributed by atoms with Crippen molar-refractivity contribution in [1.29, 1.82) is 0 Å². The largest absolute Gasteiger partial charge is 0.481 e. The number of amides is 1. The third-order valence-corrected chi connectivity index (χ3v) is 4.87. The molecule has 0 saturated heterocycles. The highest BCUT2D eigenvalue weighted by Crippen LogP contribution is 2.34. The molecule has 6 nitrogen and oxygen atoms in total. The van der Waals surface area contributed by atoms with Crippen LogP contribution in [0.3, 0.4) is 0 Å². The topological polar surface area (TPSA) is 84.2 Å². The molecular formula is C20H25N3O3. The molecule has 1 aromatic carbocycles. The van der Waals surface area contributed by atoms with E-state index in [1.54, 1.807) is 0 Å². The van der Waals surface area contributed by atoms with Gasteiger partial charge in [-0.3, -0.25) is 9.59 Å². The van der Waals surface area contributed by atoms with E-state index in [2.05, 4.69) is 12.2 Å². The summed E-state index contributed by atoms with van der Waals surface area (Å²) in [6, 6.07) is 7.49. The van der Waals surface area contributed by atoms with Crippen LogP contribution in [0.15, 0.2) is 24.3 Å². The quantitative estimate of drug-likeness (QED) is 0.793. The van der Waals surface area contributed by atoms with Gasteiger partial charge in [-0.2, -0.15) is 5.10 Å². The molecule has 0 radical (unpaired) electrons. The first-order valence-corrected chi connectivity index (χ1v) is 9.22. The fourth-order valence-corrected chi connectivity index (χ4v) is 3.63. The number of aromatic nitrogens is 2. The third kappa shape index (κ3) is 3.64. The van der Waals surface area contributed by atoms with Crippen LogP contribution in [0.4, 0.5) is 5.69 Å². The second-order valence-corrected chi connectivity index (χ2v) is 6.84. The van der Waals surface area contributed by atoms with Crippen LogP contribution < -0.4 is 5.32 Å². The summed E-state index contributed by atoms with van der Waals surface area (Å²) >= 11 is 0. The summed E-state index contributed by atoms with van der Waals surface area (Å²) in [4.78, 5) is 23.0. The number of benzene rings is 1. The van der Waals surface area contributed by atoms with Crippen LogP contribution in [0.2, 0.25) is 0 Å². The van der Waals surface area contributed by atoms with E-state index in [0.717, 1.165) is 60.4 Å². The molecular weight excluding hydrogens is 330 g/mol. The van der Waals surface area contributed by atoms with Gasteiger partial charge < -0.3 is 10.4 Å². The smallest absolute Gasteiger partial charge is 0.312 e. The number of nitrogens with zero attached hydrogens (tertiary/aromatic N) is 2. The van der Waals surface area contributed by atoms with E-state index in [4.69, 9.17) is 5.10 Å². The number of carbonyl (C=O) groups is 2. The minimum absolute atomic E-state index is 0.111. The number of fused-ring (bicyclic) bond motifs is 1. The second-order valence-electron chi connectivity index (χ2n) is 6.84. The molecule has 0 fully saturated rings. The van der Waals surface area contributed by atoms with Gasteiger partial charge in [0.2, 0.25) is 5.91 Å². The van der Waals surface area contributed by atoms with Gasteiger partial charge >= 0.3 is 5.97 Å². The van der Waals surface area contributed by atoms with Crippen molar-refractivity contribution < 1.29 is 14.7 Å². The van der Waals surface area contributed by atoms with E-state index < -0.39 is 11.9 Å². The highest BCUT2D eigenvalue weighted by atomic mass is 16.4. The van der Waals surface area contributed by atoms with Crippen LogP contribution in [0, 0.1) is 0 Å². The van der Waals surface area contributed by atoms with E-state index in [9.17, 15) is 14.7 Å². The number of carbonyl (C=O) groups excluding carboxylic acids is 1. The van der Waals surface area contributed by atoms with Crippen molar-refractivity contribution in [3.8, 4) is 5.69 Å². The molecule has 1 heterocycles. The highest BCUT2D eigenvalue weighted by molar-refractivity contribution is 5.88. The zero-order valence-electron chi connectivity index (χ0n) is 15.3. The number of carboxylic acids is 1. The van der Waals surface area contributed by atoms with Gasteiger partial charge in [0.1, 0.15) is 5.92 Å². The minimum Gasteiger partial charge on any atom is -0.481 e. The molecule has 1 aliphatic carbocycles. The number of hydrogen-bond acceptors (Lipinski definition) is 3. The van der Waals surface area contributed by atoms with Gasteiger partial charge in [0, 0.05) is 18.3 Å². The Morgan fingerprint density at radius 1 is 1.27 bits per heavy atom. The zero-order chi connectivity index (χ0) is 18.7. The molecule has 138 valence electrons. The maximum atomic E-state index is 11.8. The zero-order valence-corrected chi connectivity index (χ0v) is 15.3. The minimum atomic E-state index is -0.793. The van der Waals surface area contributed by atoms with Gasteiger partial charge in [0.15, 0.2) is 0 Å². The van der Waals surface area contributed by atoms with Crippen molar-refractivity contribution in [1.82, 2.24) is 9.78 Å².